The van der Waals surface area contributed by atoms with Gasteiger partial charge in [0.1, 0.15) is 0 Å². The predicted octanol–water partition coefficient (Wildman–Crippen LogP) is 3.09. The average Bonchev–Trinajstić information content (AvgIpc) is 3.02. The summed E-state index contributed by atoms with van der Waals surface area (Å²) < 4.78 is 0.871. The molecule has 21 heavy (non-hydrogen) atoms. The molecule has 0 unspecified atom stereocenters. The molecule has 1 saturated heterocycles. The van der Waals surface area contributed by atoms with Crippen molar-refractivity contribution in [2.75, 3.05) is 23.3 Å². The van der Waals surface area contributed by atoms with Crippen LogP contribution in [0.5, 0.6) is 0 Å². The summed E-state index contributed by atoms with van der Waals surface area (Å²) in [5.41, 5.74) is 1.19. The molecule has 2 aromatic rings. The molecular weight excluding hydrogens is 332 g/mol. The second kappa shape index (κ2) is 6.22. The molecule has 6 heteroatoms. The number of nitrogens with one attached hydrogen (secondary N) is 1. The van der Waals surface area contributed by atoms with Crippen LogP contribution in [0.1, 0.15) is 23.2 Å². The Hall–Kier alpha value is -1.95. The van der Waals surface area contributed by atoms with Gasteiger partial charge in [0.05, 0.1) is 18.1 Å². The van der Waals surface area contributed by atoms with E-state index in [1.807, 2.05) is 12.1 Å². The maximum atomic E-state index is 12.1. The number of amides is 1. The van der Waals surface area contributed by atoms with Crippen LogP contribution < -0.4 is 10.2 Å². The number of hydrogen-bond acceptors (Lipinski definition) is 4. The Kier molecular flexibility index (Phi) is 4.15. The van der Waals surface area contributed by atoms with Crippen LogP contribution in [0.3, 0.4) is 0 Å². The van der Waals surface area contributed by atoms with Gasteiger partial charge in [0, 0.05) is 23.1 Å². The number of aromatic nitrogens is 2. The summed E-state index contributed by atoms with van der Waals surface area (Å²) in [7, 11) is 0. The zero-order valence-corrected chi connectivity index (χ0v) is 13.0. The number of anilines is 2. The topological polar surface area (TPSA) is 58.1 Å². The van der Waals surface area contributed by atoms with Crippen molar-refractivity contribution in [3.05, 3.63) is 46.7 Å². The van der Waals surface area contributed by atoms with Gasteiger partial charge in [-0.05, 0) is 31.0 Å². The van der Waals surface area contributed by atoms with E-state index < -0.39 is 0 Å². The highest BCUT2D eigenvalue weighted by Crippen LogP contribution is 2.17. The van der Waals surface area contributed by atoms with Crippen molar-refractivity contribution in [2.24, 2.45) is 0 Å². The summed E-state index contributed by atoms with van der Waals surface area (Å²) in [5.74, 6) is 0.557. The molecule has 0 bridgehead atoms. The predicted molar refractivity (Wildman–Crippen MR) is 85.6 cm³/mol. The first kappa shape index (κ1) is 14.0. The fraction of sp³-hybridized carbons (Fsp3) is 0.267. The Morgan fingerprint density at radius 2 is 1.90 bits per heavy atom. The number of hydrogen-bond donors (Lipinski definition) is 1. The van der Waals surface area contributed by atoms with E-state index in [1.165, 1.54) is 12.8 Å². The van der Waals surface area contributed by atoms with Gasteiger partial charge in [-0.2, -0.15) is 0 Å². The van der Waals surface area contributed by atoms with Crippen molar-refractivity contribution in [1.82, 2.24) is 9.97 Å². The number of carbonyl (C=O) groups is 1. The second-order valence-electron chi connectivity index (χ2n) is 4.93. The molecule has 1 aromatic heterocycles. The largest absolute Gasteiger partial charge is 0.341 e. The first-order valence-corrected chi connectivity index (χ1v) is 7.65. The Labute approximate surface area is 131 Å². The van der Waals surface area contributed by atoms with Gasteiger partial charge in [0.15, 0.2) is 0 Å². The zero-order valence-electron chi connectivity index (χ0n) is 11.4. The van der Waals surface area contributed by atoms with E-state index in [1.54, 1.807) is 24.5 Å². The van der Waals surface area contributed by atoms with Crippen molar-refractivity contribution in [3.63, 3.8) is 0 Å². The molecule has 1 amide bonds. The Bertz CT molecular complexity index is 638. The second-order valence-corrected chi connectivity index (χ2v) is 5.85. The number of rotatable bonds is 3. The quantitative estimate of drug-likeness (QED) is 0.927. The fourth-order valence-electron chi connectivity index (χ4n) is 2.30. The molecule has 5 nitrogen and oxygen atoms in total. The van der Waals surface area contributed by atoms with Gasteiger partial charge in [-0.1, -0.05) is 22.0 Å². The summed E-state index contributed by atoms with van der Waals surface area (Å²) in [6.45, 7) is 2.01. The normalized spacial score (nSPS) is 14.2. The van der Waals surface area contributed by atoms with E-state index >= 15 is 0 Å². The van der Waals surface area contributed by atoms with Gasteiger partial charge < -0.3 is 10.2 Å². The molecular formula is C15H15BrN4O. The molecule has 0 saturated carbocycles. The minimum Gasteiger partial charge on any atom is -0.341 e. The van der Waals surface area contributed by atoms with Crippen molar-refractivity contribution < 1.29 is 4.79 Å². The molecule has 2 heterocycles. The van der Waals surface area contributed by atoms with Gasteiger partial charge in [-0.25, -0.2) is 9.97 Å². The van der Waals surface area contributed by atoms with Crippen LogP contribution in [0.2, 0.25) is 0 Å². The van der Waals surface area contributed by atoms with Gasteiger partial charge in [0.2, 0.25) is 5.95 Å². The highest BCUT2D eigenvalue weighted by Gasteiger charge is 2.14. The lowest BCUT2D eigenvalue weighted by atomic mass is 10.2. The van der Waals surface area contributed by atoms with E-state index in [2.05, 4.69) is 36.1 Å². The van der Waals surface area contributed by atoms with E-state index in [0.717, 1.165) is 23.5 Å². The number of halogens is 1. The first-order valence-electron chi connectivity index (χ1n) is 6.86. The number of nitrogens with zero attached hydrogens (tertiary/aromatic N) is 3. The van der Waals surface area contributed by atoms with Crippen molar-refractivity contribution in [3.8, 4) is 0 Å². The van der Waals surface area contributed by atoms with Crippen molar-refractivity contribution >= 4 is 33.5 Å². The number of carbonyl (C=O) groups excluding carboxylic acids is 1. The maximum Gasteiger partial charge on any atom is 0.255 e. The van der Waals surface area contributed by atoms with Gasteiger partial charge in [0.25, 0.3) is 5.91 Å². The Morgan fingerprint density at radius 3 is 2.57 bits per heavy atom. The van der Waals surface area contributed by atoms with Crippen LogP contribution in [0.4, 0.5) is 11.6 Å². The Morgan fingerprint density at radius 1 is 1.19 bits per heavy atom. The molecule has 1 fully saturated rings. The first-order chi connectivity index (χ1) is 10.2. The minimum atomic E-state index is -0.172. The third kappa shape index (κ3) is 3.39. The summed E-state index contributed by atoms with van der Waals surface area (Å²) in [4.78, 5) is 22.9. The molecule has 0 spiro atoms. The highest BCUT2D eigenvalue weighted by molar-refractivity contribution is 9.10. The molecule has 0 atom stereocenters. The fourth-order valence-corrected chi connectivity index (χ4v) is 2.70. The van der Waals surface area contributed by atoms with Crippen LogP contribution in [-0.2, 0) is 0 Å². The molecule has 3 rings (SSSR count). The third-order valence-corrected chi connectivity index (χ3v) is 3.87. The molecule has 0 radical (unpaired) electrons. The van der Waals surface area contributed by atoms with E-state index in [-0.39, 0.29) is 5.91 Å². The summed E-state index contributed by atoms with van der Waals surface area (Å²) in [6, 6.07) is 7.24. The summed E-state index contributed by atoms with van der Waals surface area (Å²) in [6.07, 6.45) is 5.67. The van der Waals surface area contributed by atoms with Crippen LogP contribution in [0.25, 0.3) is 0 Å². The Balaban J connectivity index is 1.68. The van der Waals surface area contributed by atoms with Gasteiger partial charge >= 0.3 is 0 Å². The SMILES string of the molecule is O=C(Nc1cnc(N2CCCC2)nc1)c1cccc(Br)c1. The third-order valence-electron chi connectivity index (χ3n) is 3.37. The molecule has 1 N–H and O–H groups in total. The molecule has 1 aliphatic rings. The van der Waals surface area contributed by atoms with Crippen LogP contribution in [0, 0.1) is 0 Å². The number of benzene rings is 1. The zero-order chi connectivity index (χ0) is 14.7. The van der Waals surface area contributed by atoms with E-state index in [9.17, 15) is 4.79 Å². The average molecular weight is 347 g/mol. The standard InChI is InChI=1S/C15H15BrN4O/c16-12-5-3-4-11(8-12)14(21)19-13-9-17-15(18-10-13)20-6-1-2-7-20/h3-5,8-10H,1-2,6-7H2,(H,19,21). The van der Waals surface area contributed by atoms with Gasteiger partial charge in [-0.3, -0.25) is 4.79 Å². The lowest BCUT2D eigenvalue weighted by Gasteiger charge is -2.14. The molecule has 1 aliphatic heterocycles. The monoisotopic (exact) mass is 346 g/mol. The van der Waals surface area contributed by atoms with Crippen LogP contribution in [-0.4, -0.2) is 29.0 Å². The molecule has 0 aliphatic carbocycles. The van der Waals surface area contributed by atoms with Gasteiger partial charge in [-0.15, -0.1) is 0 Å². The van der Waals surface area contributed by atoms with Crippen molar-refractivity contribution in [2.45, 2.75) is 12.8 Å². The highest BCUT2D eigenvalue weighted by atomic mass is 79.9. The molecule has 1 aromatic carbocycles. The van der Waals surface area contributed by atoms with Crippen LogP contribution in [0.15, 0.2) is 41.1 Å². The van der Waals surface area contributed by atoms with E-state index in [0.29, 0.717) is 11.3 Å². The summed E-state index contributed by atoms with van der Waals surface area (Å²) in [5, 5.41) is 2.80. The van der Waals surface area contributed by atoms with E-state index in [4.69, 9.17) is 0 Å². The lowest BCUT2D eigenvalue weighted by Crippen LogP contribution is -2.20. The molecule has 108 valence electrons. The smallest absolute Gasteiger partial charge is 0.255 e. The van der Waals surface area contributed by atoms with Crippen molar-refractivity contribution in [1.29, 1.82) is 0 Å². The lowest BCUT2D eigenvalue weighted by molar-refractivity contribution is 0.102. The van der Waals surface area contributed by atoms with Crippen LogP contribution >= 0.6 is 15.9 Å². The summed E-state index contributed by atoms with van der Waals surface area (Å²) >= 11 is 3.35. The maximum absolute atomic E-state index is 12.1. The minimum absolute atomic E-state index is 0.172.